The second-order valence-electron chi connectivity index (χ2n) is 11.5. The molecule has 212 valence electrons. The lowest BCUT2D eigenvalue weighted by molar-refractivity contribution is -0.157. The van der Waals surface area contributed by atoms with Crippen LogP contribution in [0, 0.1) is 11.8 Å². The minimum atomic E-state index is -1.16. The highest BCUT2D eigenvalue weighted by molar-refractivity contribution is 5.99. The molecule has 1 aromatic carbocycles. The number of aliphatic hydroxyl groups excluding tert-OH is 1. The summed E-state index contributed by atoms with van der Waals surface area (Å²) in [4.78, 5) is 48.1. The third-order valence-corrected chi connectivity index (χ3v) is 8.79. The van der Waals surface area contributed by atoms with Crippen molar-refractivity contribution in [2.45, 2.75) is 76.3 Å². The first kappa shape index (κ1) is 29.0. The summed E-state index contributed by atoms with van der Waals surface area (Å²) in [6, 6.07) is 7.38. The summed E-state index contributed by atoms with van der Waals surface area (Å²) in [6.45, 7) is 16.3. The van der Waals surface area contributed by atoms with Gasteiger partial charge in [0.15, 0.2) is 0 Å². The quantitative estimate of drug-likeness (QED) is 0.413. The highest BCUT2D eigenvalue weighted by atomic mass is 16.5. The van der Waals surface area contributed by atoms with Crippen LogP contribution < -0.4 is 0 Å². The van der Waals surface area contributed by atoms with Crippen molar-refractivity contribution in [2.24, 2.45) is 11.8 Å². The van der Waals surface area contributed by atoms with Crippen LogP contribution in [0.2, 0.25) is 0 Å². The maximum absolute atomic E-state index is 14.6. The largest absolute Gasteiger partial charge is 0.394 e. The first-order chi connectivity index (χ1) is 18.6. The van der Waals surface area contributed by atoms with E-state index in [2.05, 4.69) is 13.2 Å². The molecular formula is C31H43N3O5. The minimum absolute atomic E-state index is 0.140. The number of amides is 3. The molecule has 8 heteroatoms. The van der Waals surface area contributed by atoms with Gasteiger partial charge in [-0.2, -0.15) is 0 Å². The molecular weight excluding hydrogens is 494 g/mol. The third kappa shape index (κ3) is 4.61. The van der Waals surface area contributed by atoms with E-state index in [0.717, 1.165) is 12.0 Å². The van der Waals surface area contributed by atoms with Crippen molar-refractivity contribution in [1.29, 1.82) is 0 Å². The molecule has 3 fully saturated rings. The molecule has 6 atom stereocenters. The molecule has 4 rings (SSSR count). The number of benzene rings is 1. The van der Waals surface area contributed by atoms with Crippen LogP contribution in [0.15, 0.2) is 55.6 Å². The van der Waals surface area contributed by atoms with Gasteiger partial charge in [-0.05, 0) is 45.6 Å². The Morgan fingerprint density at radius 2 is 1.82 bits per heavy atom. The van der Waals surface area contributed by atoms with Gasteiger partial charge in [-0.25, -0.2) is 0 Å². The number of aliphatic hydroxyl groups is 1. The molecule has 0 aliphatic carbocycles. The second kappa shape index (κ2) is 11.3. The molecule has 1 aromatic rings. The number of carbonyl (C=O) groups is 3. The average molecular weight is 538 g/mol. The van der Waals surface area contributed by atoms with Gasteiger partial charge in [0.2, 0.25) is 17.7 Å². The monoisotopic (exact) mass is 537 g/mol. The molecule has 0 saturated carbocycles. The highest BCUT2D eigenvalue weighted by Gasteiger charge is 2.79. The van der Waals surface area contributed by atoms with Gasteiger partial charge in [-0.15, -0.1) is 13.2 Å². The third-order valence-electron chi connectivity index (χ3n) is 8.79. The van der Waals surface area contributed by atoms with Crippen LogP contribution in [0.4, 0.5) is 0 Å². The van der Waals surface area contributed by atoms with Gasteiger partial charge in [-0.1, -0.05) is 49.4 Å². The van der Waals surface area contributed by atoms with Gasteiger partial charge in [-0.3, -0.25) is 14.4 Å². The second-order valence-corrected chi connectivity index (χ2v) is 11.5. The van der Waals surface area contributed by atoms with Crippen LogP contribution >= 0.6 is 0 Å². The lowest BCUT2D eigenvalue weighted by atomic mass is 9.66. The Balaban J connectivity index is 1.87. The number of likely N-dealkylation sites (tertiary alicyclic amines) is 1. The summed E-state index contributed by atoms with van der Waals surface area (Å²) in [5.41, 5.74) is -1.30. The topological polar surface area (TPSA) is 90.4 Å². The zero-order chi connectivity index (χ0) is 28.5. The number of ether oxygens (including phenoxy) is 1. The van der Waals surface area contributed by atoms with Gasteiger partial charge in [0.05, 0.1) is 30.1 Å². The SMILES string of the molecule is C=CCN(CCC)C(=O)[C@H]1[C@H]2C(=O)N([C@H](CO)c3ccccc3)C(C(=O)N(CC=C)C(C)C)C23CC[C@]1(C)O3. The fourth-order valence-electron chi connectivity index (χ4n) is 7.15. The normalized spacial score (nSPS) is 29.8. The maximum atomic E-state index is 14.6. The van der Waals surface area contributed by atoms with Gasteiger partial charge in [0.25, 0.3) is 0 Å². The van der Waals surface area contributed by atoms with E-state index < -0.39 is 35.1 Å². The number of hydrogen-bond donors (Lipinski definition) is 1. The molecule has 3 saturated heterocycles. The molecule has 3 aliphatic heterocycles. The molecule has 2 bridgehead atoms. The molecule has 1 N–H and O–H groups in total. The highest BCUT2D eigenvalue weighted by Crippen LogP contribution is 2.64. The summed E-state index contributed by atoms with van der Waals surface area (Å²) in [5, 5.41) is 10.6. The smallest absolute Gasteiger partial charge is 0.248 e. The molecule has 0 radical (unpaired) electrons. The molecule has 0 aromatic heterocycles. The van der Waals surface area contributed by atoms with E-state index in [1.807, 2.05) is 58.0 Å². The standard InChI is InChI=1S/C31H43N3O5/c1-7-17-32(18-8-2)27(36)24-25-28(37)34(23(20-35)22-13-11-10-12-14-22)26(29(38)33(19-9-3)21(4)5)31(25)16-15-30(24,6)39-31/h7,9-14,21,23-26,35H,1,3,8,15-20H2,2,4-6H3/t23-,24-,25+,26?,30+,31?/m1/s1. The van der Waals surface area contributed by atoms with Crippen LogP contribution in [-0.4, -0.2) is 87.1 Å². The predicted octanol–water partition coefficient (Wildman–Crippen LogP) is 3.33. The number of fused-ring (bicyclic) bond motifs is 1. The molecule has 39 heavy (non-hydrogen) atoms. The van der Waals surface area contributed by atoms with E-state index in [1.165, 1.54) is 4.90 Å². The lowest BCUT2D eigenvalue weighted by Crippen LogP contribution is -2.58. The fourth-order valence-corrected chi connectivity index (χ4v) is 7.15. The Morgan fingerprint density at radius 3 is 2.38 bits per heavy atom. The van der Waals surface area contributed by atoms with Crippen molar-refractivity contribution < 1.29 is 24.2 Å². The Labute approximate surface area is 232 Å². The molecule has 3 heterocycles. The molecule has 8 nitrogen and oxygen atoms in total. The van der Waals surface area contributed by atoms with E-state index in [9.17, 15) is 19.5 Å². The summed E-state index contributed by atoms with van der Waals surface area (Å²) in [7, 11) is 0. The van der Waals surface area contributed by atoms with Crippen molar-refractivity contribution in [2.75, 3.05) is 26.2 Å². The molecule has 3 aliphatic rings. The Kier molecular flexibility index (Phi) is 8.38. The van der Waals surface area contributed by atoms with Crippen molar-refractivity contribution in [3.05, 3.63) is 61.2 Å². The number of rotatable bonds is 12. The van der Waals surface area contributed by atoms with E-state index in [4.69, 9.17) is 4.74 Å². The van der Waals surface area contributed by atoms with E-state index >= 15 is 0 Å². The van der Waals surface area contributed by atoms with Crippen LogP contribution in [0.1, 0.15) is 58.6 Å². The van der Waals surface area contributed by atoms with Gasteiger partial charge >= 0.3 is 0 Å². The van der Waals surface area contributed by atoms with E-state index in [1.54, 1.807) is 22.0 Å². The summed E-state index contributed by atoms with van der Waals surface area (Å²) < 4.78 is 6.79. The Hall–Kier alpha value is -2.97. The number of hydrogen-bond acceptors (Lipinski definition) is 5. The van der Waals surface area contributed by atoms with Crippen LogP contribution in [0.3, 0.4) is 0 Å². The van der Waals surface area contributed by atoms with E-state index in [-0.39, 0.29) is 30.4 Å². The Bertz CT molecular complexity index is 1110. The lowest BCUT2D eigenvalue weighted by Gasteiger charge is -2.40. The summed E-state index contributed by atoms with van der Waals surface area (Å²) in [6.07, 6.45) is 5.19. The van der Waals surface area contributed by atoms with Crippen LogP contribution in [0.25, 0.3) is 0 Å². The number of carbonyl (C=O) groups excluding carboxylic acids is 3. The number of nitrogens with zero attached hydrogens (tertiary/aromatic N) is 3. The van der Waals surface area contributed by atoms with Gasteiger partial charge in [0, 0.05) is 25.7 Å². The van der Waals surface area contributed by atoms with Crippen molar-refractivity contribution in [1.82, 2.24) is 14.7 Å². The Morgan fingerprint density at radius 1 is 1.15 bits per heavy atom. The van der Waals surface area contributed by atoms with Crippen molar-refractivity contribution >= 4 is 17.7 Å². The van der Waals surface area contributed by atoms with Crippen LogP contribution in [0.5, 0.6) is 0 Å². The summed E-state index contributed by atoms with van der Waals surface area (Å²) in [5.74, 6) is -2.25. The maximum Gasteiger partial charge on any atom is 0.248 e. The fraction of sp³-hybridized carbons (Fsp3) is 0.581. The first-order valence-corrected chi connectivity index (χ1v) is 14.1. The zero-order valence-electron chi connectivity index (χ0n) is 23.7. The van der Waals surface area contributed by atoms with E-state index in [0.29, 0.717) is 32.5 Å². The molecule has 1 spiro atoms. The first-order valence-electron chi connectivity index (χ1n) is 14.1. The van der Waals surface area contributed by atoms with Gasteiger partial charge in [0.1, 0.15) is 11.6 Å². The summed E-state index contributed by atoms with van der Waals surface area (Å²) >= 11 is 0. The molecule has 3 amide bonds. The van der Waals surface area contributed by atoms with Gasteiger partial charge < -0.3 is 24.5 Å². The predicted molar refractivity (Wildman–Crippen MR) is 149 cm³/mol. The average Bonchev–Trinajstić information content (AvgIpc) is 3.48. The molecule has 2 unspecified atom stereocenters. The van der Waals surface area contributed by atoms with Crippen LogP contribution in [-0.2, 0) is 19.1 Å². The van der Waals surface area contributed by atoms with Crippen molar-refractivity contribution in [3.63, 3.8) is 0 Å². The minimum Gasteiger partial charge on any atom is -0.394 e. The van der Waals surface area contributed by atoms with Crippen molar-refractivity contribution in [3.8, 4) is 0 Å². The zero-order valence-corrected chi connectivity index (χ0v) is 23.7.